The van der Waals surface area contributed by atoms with E-state index in [1.807, 2.05) is 31.2 Å². The van der Waals surface area contributed by atoms with Gasteiger partial charge in [0.15, 0.2) is 5.65 Å². The van der Waals surface area contributed by atoms with E-state index in [4.69, 9.17) is 0 Å². The van der Waals surface area contributed by atoms with Crippen molar-refractivity contribution in [3.8, 4) is 5.69 Å². The molecular weight excluding hydrogens is 385 g/mol. The number of hydrogen-bond donors (Lipinski definition) is 1. The Kier molecular flexibility index (Phi) is 5.14. The average molecular weight is 405 g/mol. The molecule has 8 heteroatoms. The quantitative estimate of drug-likeness (QED) is 0.552. The van der Waals surface area contributed by atoms with Gasteiger partial charge in [-0.05, 0) is 43.7 Å². The number of amides is 1. The van der Waals surface area contributed by atoms with E-state index in [0.717, 1.165) is 11.3 Å². The second-order valence-corrected chi connectivity index (χ2v) is 7.13. The van der Waals surface area contributed by atoms with E-state index in [1.165, 1.54) is 23.2 Å². The Balaban J connectivity index is 1.50. The fourth-order valence-corrected chi connectivity index (χ4v) is 3.10. The number of hydrogen-bond acceptors (Lipinski definition) is 4. The van der Waals surface area contributed by atoms with Crippen LogP contribution < -0.4 is 10.9 Å². The standard InChI is InChI=1S/C22H20FN5O2/c1-14-3-7-17(8-4-14)28-21-18(12-25-28)22(30)27(13-24-21)10-9-20(29)26-16-6-5-15(2)19(23)11-16/h3-8,11-13H,9-10H2,1-2H3,(H,26,29). The maximum absolute atomic E-state index is 13.6. The smallest absolute Gasteiger partial charge is 0.264 e. The van der Waals surface area contributed by atoms with Crippen LogP contribution in [0, 0.1) is 19.7 Å². The van der Waals surface area contributed by atoms with Gasteiger partial charge in [0.2, 0.25) is 5.91 Å². The number of carbonyl (C=O) groups excluding carboxylic acids is 1. The molecule has 0 bridgehead atoms. The molecule has 7 nitrogen and oxygen atoms in total. The average Bonchev–Trinajstić information content (AvgIpc) is 3.16. The third kappa shape index (κ3) is 3.84. The number of anilines is 1. The number of halogens is 1. The van der Waals surface area contributed by atoms with Gasteiger partial charge in [-0.3, -0.25) is 14.2 Å². The molecule has 30 heavy (non-hydrogen) atoms. The van der Waals surface area contributed by atoms with Gasteiger partial charge in [0.05, 0.1) is 18.2 Å². The van der Waals surface area contributed by atoms with Crippen LogP contribution in [0.1, 0.15) is 17.5 Å². The number of nitrogens with one attached hydrogen (secondary N) is 1. The summed E-state index contributed by atoms with van der Waals surface area (Å²) in [4.78, 5) is 29.3. The minimum Gasteiger partial charge on any atom is -0.326 e. The first-order valence-electron chi connectivity index (χ1n) is 9.48. The molecule has 0 spiro atoms. The summed E-state index contributed by atoms with van der Waals surface area (Å²) in [6.07, 6.45) is 2.95. The normalized spacial score (nSPS) is 11.0. The van der Waals surface area contributed by atoms with Crippen molar-refractivity contribution in [3.05, 3.63) is 82.3 Å². The van der Waals surface area contributed by atoms with Crippen LogP contribution in [-0.2, 0) is 11.3 Å². The second-order valence-electron chi connectivity index (χ2n) is 7.13. The van der Waals surface area contributed by atoms with E-state index < -0.39 is 0 Å². The molecule has 1 amide bonds. The fourth-order valence-electron chi connectivity index (χ4n) is 3.10. The Morgan fingerprint density at radius 1 is 1.13 bits per heavy atom. The van der Waals surface area contributed by atoms with E-state index >= 15 is 0 Å². The van der Waals surface area contributed by atoms with E-state index in [0.29, 0.717) is 22.3 Å². The van der Waals surface area contributed by atoms with E-state index in [1.54, 1.807) is 23.7 Å². The molecule has 4 rings (SSSR count). The lowest BCUT2D eigenvalue weighted by Gasteiger charge is -2.08. The molecule has 0 unspecified atom stereocenters. The van der Waals surface area contributed by atoms with Gasteiger partial charge in [0.25, 0.3) is 5.56 Å². The second kappa shape index (κ2) is 7.90. The highest BCUT2D eigenvalue weighted by atomic mass is 19.1. The van der Waals surface area contributed by atoms with Crippen molar-refractivity contribution in [2.24, 2.45) is 0 Å². The summed E-state index contributed by atoms with van der Waals surface area (Å²) in [7, 11) is 0. The first-order valence-corrected chi connectivity index (χ1v) is 9.48. The molecule has 0 radical (unpaired) electrons. The van der Waals surface area contributed by atoms with Crippen LogP contribution in [0.3, 0.4) is 0 Å². The Morgan fingerprint density at radius 2 is 1.90 bits per heavy atom. The number of nitrogens with zero attached hydrogens (tertiary/aromatic N) is 4. The highest BCUT2D eigenvalue weighted by Crippen LogP contribution is 2.15. The van der Waals surface area contributed by atoms with Crippen molar-refractivity contribution in [1.82, 2.24) is 19.3 Å². The monoisotopic (exact) mass is 405 g/mol. The minimum atomic E-state index is -0.385. The van der Waals surface area contributed by atoms with E-state index in [9.17, 15) is 14.0 Å². The summed E-state index contributed by atoms with van der Waals surface area (Å²) in [5.41, 5.74) is 3.00. The Morgan fingerprint density at radius 3 is 2.63 bits per heavy atom. The molecule has 152 valence electrons. The molecule has 2 aromatic carbocycles. The Bertz CT molecular complexity index is 1290. The number of aryl methyl sites for hydroxylation is 3. The van der Waals surface area contributed by atoms with E-state index in [-0.39, 0.29) is 30.2 Å². The van der Waals surface area contributed by atoms with Gasteiger partial charge >= 0.3 is 0 Å². The molecule has 2 heterocycles. The number of rotatable bonds is 5. The van der Waals surface area contributed by atoms with Gasteiger partial charge in [0, 0.05) is 18.7 Å². The first-order chi connectivity index (χ1) is 14.4. The van der Waals surface area contributed by atoms with Crippen molar-refractivity contribution < 1.29 is 9.18 Å². The Labute approximate surface area is 171 Å². The summed E-state index contributed by atoms with van der Waals surface area (Å²) in [5, 5.41) is 7.30. The van der Waals surface area contributed by atoms with Crippen LogP contribution >= 0.6 is 0 Å². The molecule has 0 saturated heterocycles. The third-order valence-corrected chi connectivity index (χ3v) is 4.87. The summed E-state index contributed by atoms with van der Waals surface area (Å²) in [5.74, 6) is -0.704. The van der Waals surface area contributed by atoms with Gasteiger partial charge in [0.1, 0.15) is 11.2 Å². The largest absolute Gasteiger partial charge is 0.326 e. The summed E-state index contributed by atoms with van der Waals surface area (Å²) >= 11 is 0. The molecular formula is C22H20FN5O2. The minimum absolute atomic E-state index is 0.0503. The lowest BCUT2D eigenvalue weighted by atomic mass is 10.2. The molecule has 0 saturated carbocycles. The number of fused-ring (bicyclic) bond motifs is 1. The molecule has 0 atom stereocenters. The van der Waals surface area contributed by atoms with Gasteiger partial charge in [-0.1, -0.05) is 23.8 Å². The van der Waals surface area contributed by atoms with Crippen molar-refractivity contribution in [1.29, 1.82) is 0 Å². The predicted octanol–water partition coefficient (Wildman–Crippen LogP) is 3.37. The maximum Gasteiger partial charge on any atom is 0.264 e. The molecule has 0 aliphatic rings. The number of aromatic nitrogens is 4. The Hall–Kier alpha value is -3.81. The molecule has 0 aliphatic heterocycles. The van der Waals surface area contributed by atoms with Crippen LogP contribution in [0.15, 0.2) is 59.8 Å². The fraction of sp³-hybridized carbons (Fsp3) is 0.182. The topological polar surface area (TPSA) is 81.8 Å². The van der Waals surface area contributed by atoms with Gasteiger partial charge in [-0.15, -0.1) is 0 Å². The summed E-state index contributed by atoms with van der Waals surface area (Å²) in [6.45, 7) is 3.79. The van der Waals surface area contributed by atoms with Crippen molar-refractivity contribution in [3.63, 3.8) is 0 Å². The van der Waals surface area contributed by atoms with Gasteiger partial charge in [-0.2, -0.15) is 5.10 Å². The molecule has 1 N–H and O–H groups in total. The molecule has 0 fully saturated rings. The van der Waals surface area contributed by atoms with Crippen LogP contribution in [0.25, 0.3) is 16.7 Å². The molecule has 0 aliphatic carbocycles. The lowest BCUT2D eigenvalue weighted by molar-refractivity contribution is -0.116. The number of carbonyl (C=O) groups is 1. The zero-order chi connectivity index (χ0) is 21.3. The van der Waals surface area contributed by atoms with Crippen molar-refractivity contribution in [2.45, 2.75) is 26.8 Å². The lowest BCUT2D eigenvalue weighted by Crippen LogP contribution is -2.23. The van der Waals surface area contributed by atoms with Crippen molar-refractivity contribution >= 4 is 22.6 Å². The van der Waals surface area contributed by atoms with Crippen molar-refractivity contribution in [2.75, 3.05) is 5.32 Å². The van der Waals surface area contributed by atoms with Crippen LogP contribution in [0.5, 0.6) is 0 Å². The predicted molar refractivity (Wildman–Crippen MR) is 112 cm³/mol. The van der Waals surface area contributed by atoms with Gasteiger partial charge in [-0.25, -0.2) is 14.1 Å². The zero-order valence-corrected chi connectivity index (χ0v) is 16.6. The third-order valence-electron chi connectivity index (χ3n) is 4.87. The van der Waals surface area contributed by atoms with Crippen LogP contribution in [-0.4, -0.2) is 25.2 Å². The highest BCUT2D eigenvalue weighted by molar-refractivity contribution is 5.90. The number of benzene rings is 2. The van der Waals surface area contributed by atoms with E-state index in [2.05, 4.69) is 15.4 Å². The summed E-state index contributed by atoms with van der Waals surface area (Å²) < 4.78 is 16.6. The maximum atomic E-state index is 13.6. The van der Waals surface area contributed by atoms with Gasteiger partial charge < -0.3 is 5.32 Å². The van der Waals surface area contributed by atoms with Crippen LogP contribution in [0.4, 0.5) is 10.1 Å². The molecule has 2 aromatic heterocycles. The highest BCUT2D eigenvalue weighted by Gasteiger charge is 2.12. The zero-order valence-electron chi connectivity index (χ0n) is 16.6. The summed E-state index contributed by atoms with van der Waals surface area (Å²) in [6, 6.07) is 12.2. The SMILES string of the molecule is Cc1ccc(-n2ncc3c(=O)n(CCC(=O)Nc4ccc(C)c(F)c4)cnc32)cc1. The van der Waals surface area contributed by atoms with Crippen LogP contribution in [0.2, 0.25) is 0 Å². The molecule has 4 aromatic rings. The first kappa shape index (κ1) is 19.5.